The van der Waals surface area contributed by atoms with E-state index in [0.717, 1.165) is 0 Å². The summed E-state index contributed by atoms with van der Waals surface area (Å²) in [4.78, 5) is 15.5. The zero-order valence-corrected chi connectivity index (χ0v) is 10.4. The summed E-state index contributed by atoms with van der Waals surface area (Å²) in [6.07, 6.45) is 1.61. The van der Waals surface area contributed by atoms with Gasteiger partial charge in [-0.05, 0) is 12.1 Å². The molecule has 2 rings (SSSR count). The molecule has 0 radical (unpaired) electrons. The van der Waals surface area contributed by atoms with E-state index in [0.29, 0.717) is 23.0 Å². The Kier molecular flexibility index (Phi) is 3.32. The van der Waals surface area contributed by atoms with Crippen LogP contribution < -0.4 is 9.47 Å². The maximum Gasteiger partial charge on any atom is 0.363 e. The third-order valence-electron chi connectivity index (χ3n) is 2.45. The number of carbonyl (C=O) groups is 1. The van der Waals surface area contributed by atoms with Gasteiger partial charge in [-0.3, -0.25) is 0 Å². The monoisotopic (exact) mass is 247 g/mol. The average molecular weight is 247 g/mol. The molecule has 0 saturated carbocycles. The van der Waals surface area contributed by atoms with Gasteiger partial charge >= 0.3 is 5.97 Å². The average Bonchev–Trinajstić information content (AvgIpc) is 2.67. The minimum Gasteiger partial charge on any atom is -0.493 e. The number of hydrogen-bond acceptors (Lipinski definition) is 5. The van der Waals surface area contributed by atoms with Gasteiger partial charge in [-0.1, -0.05) is 12.1 Å². The standard InChI is InChI=1S/C13H13NO4/c1-8-14-10(13(15)18-8)7-9-5-4-6-11(16-2)12(9)17-3/h4-7H,1-3H3/b10-7-. The Bertz CT molecular complexity index is 546. The Morgan fingerprint density at radius 3 is 2.61 bits per heavy atom. The number of benzene rings is 1. The second-order valence-electron chi connectivity index (χ2n) is 3.63. The summed E-state index contributed by atoms with van der Waals surface area (Å²) in [6, 6.07) is 5.40. The molecule has 0 bridgehead atoms. The number of para-hydroxylation sites is 1. The SMILES string of the molecule is COc1cccc(/C=C2\N=C(C)OC2=O)c1OC. The van der Waals surface area contributed by atoms with Crippen LogP contribution in [0, 0.1) is 0 Å². The van der Waals surface area contributed by atoms with Crippen LogP contribution in [0.4, 0.5) is 0 Å². The molecule has 94 valence electrons. The van der Waals surface area contributed by atoms with E-state index in [2.05, 4.69) is 4.99 Å². The van der Waals surface area contributed by atoms with E-state index in [1.54, 1.807) is 33.3 Å². The van der Waals surface area contributed by atoms with Gasteiger partial charge in [0.2, 0.25) is 0 Å². The van der Waals surface area contributed by atoms with Gasteiger partial charge in [-0.2, -0.15) is 0 Å². The van der Waals surface area contributed by atoms with E-state index in [4.69, 9.17) is 14.2 Å². The Balaban J connectivity index is 2.46. The van der Waals surface area contributed by atoms with Gasteiger partial charge in [0.1, 0.15) is 0 Å². The molecule has 0 amide bonds. The van der Waals surface area contributed by atoms with Crippen LogP contribution in [0.25, 0.3) is 6.08 Å². The summed E-state index contributed by atoms with van der Waals surface area (Å²) in [5, 5.41) is 0. The Hall–Kier alpha value is -2.30. The molecule has 0 N–H and O–H groups in total. The zero-order chi connectivity index (χ0) is 13.1. The van der Waals surface area contributed by atoms with Gasteiger partial charge in [0.05, 0.1) is 14.2 Å². The van der Waals surface area contributed by atoms with E-state index in [9.17, 15) is 4.79 Å². The van der Waals surface area contributed by atoms with Crippen molar-refractivity contribution < 1.29 is 19.0 Å². The van der Waals surface area contributed by atoms with Crippen molar-refractivity contribution in [3.05, 3.63) is 29.5 Å². The molecule has 0 saturated heterocycles. The largest absolute Gasteiger partial charge is 0.493 e. The second-order valence-corrected chi connectivity index (χ2v) is 3.63. The van der Waals surface area contributed by atoms with Crippen molar-refractivity contribution in [3.8, 4) is 11.5 Å². The zero-order valence-electron chi connectivity index (χ0n) is 10.4. The summed E-state index contributed by atoms with van der Waals surface area (Å²) in [6.45, 7) is 1.63. The van der Waals surface area contributed by atoms with Gasteiger partial charge in [-0.25, -0.2) is 9.79 Å². The number of aliphatic imine (C=N–C) groups is 1. The number of carbonyl (C=O) groups excluding carboxylic acids is 1. The van der Waals surface area contributed by atoms with Crippen LogP contribution in [0.5, 0.6) is 11.5 Å². The molecule has 0 aromatic heterocycles. The second kappa shape index (κ2) is 4.91. The molecule has 1 aromatic carbocycles. The van der Waals surface area contributed by atoms with Crippen molar-refractivity contribution in [3.63, 3.8) is 0 Å². The molecule has 18 heavy (non-hydrogen) atoms. The van der Waals surface area contributed by atoms with Crippen LogP contribution in [0.2, 0.25) is 0 Å². The quantitative estimate of drug-likeness (QED) is 0.605. The molecule has 1 aliphatic rings. The summed E-state index contributed by atoms with van der Waals surface area (Å²) in [7, 11) is 3.10. The van der Waals surface area contributed by atoms with E-state index in [1.807, 2.05) is 12.1 Å². The lowest BCUT2D eigenvalue weighted by molar-refractivity contribution is -0.130. The van der Waals surface area contributed by atoms with Crippen LogP contribution in [-0.4, -0.2) is 26.1 Å². The number of nitrogens with zero attached hydrogens (tertiary/aromatic N) is 1. The van der Waals surface area contributed by atoms with Crippen LogP contribution in [0.3, 0.4) is 0 Å². The highest BCUT2D eigenvalue weighted by Gasteiger charge is 2.20. The van der Waals surface area contributed by atoms with Crippen molar-refractivity contribution in [1.82, 2.24) is 0 Å². The number of methoxy groups -OCH3 is 2. The fourth-order valence-corrected chi connectivity index (χ4v) is 1.69. The molecular formula is C13H13NO4. The highest BCUT2D eigenvalue weighted by molar-refractivity contribution is 6.06. The number of ether oxygens (including phenoxy) is 3. The van der Waals surface area contributed by atoms with Gasteiger partial charge in [0.25, 0.3) is 0 Å². The topological polar surface area (TPSA) is 57.1 Å². The molecule has 1 heterocycles. The number of cyclic esters (lactones) is 1. The Morgan fingerprint density at radius 1 is 1.28 bits per heavy atom. The summed E-state index contributed by atoms with van der Waals surface area (Å²) < 4.78 is 15.3. The first-order valence-corrected chi connectivity index (χ1v) is 5.36. The smallest absolute Gasteiger partial charge is 0.363 e. The van der Waals surface area contributed by atoms with Crippen molar-refractivity contribution in [2.24, 2.45) is 4.99 Å². The molecule has 0 fully saturated rings. The van der Waals surface area contributed by atoms with Gasteiger partial charge in [0.15, 0.2) is 23.1 Å². The molecular weight excluding hydrogens is 234 g/mol. The lowest BCUT2D eigenvalue weighted by Crippen LogP contribution is -2.00. The lowest BCUT2D eigenvalue weighted by atomic mass is 10.1. The van der Waals surface area contributed by atoms with Gasteiger partial charge in [-0.15, -0.1) is 0 Å². The first kappa shape index (κ1) is 12.2. The molecule has 0 aliphatic carbocycles. The molecule has 1 aromatic rings. The van der Waals surface area contributed by atoms with E-state index >= 15 is 0 Å². The number of rotatable bonds is 3. The van der Waals surface area contributed by atoms with Crippen LogP contribution in [-0.2, 0) is 9.53 Å². The highest BCUT2D eigenvalue weighted by atomic mass is 16.6. The van der Waals surface area contributed by atoms with Crippen molar-refractivity contribution in [2.75, 3.05) is 14.2 Å². The predicted octanol–water partition coefficient (Wildman–Crippen LogP) is 2.02. The molecule has 0 spiro atoms. The first-order chi connectivity index (χ1) is 8.65. The van der Waals surface area contributed by atoms with Gasteiger partial charge in [0, 0.05) is 12.5 Å². The first-order valence-electron chi connectivity index (χ1n) is 5.36. The fourth-order valence-electron chi connectivity index (χ4n) is 1.69. The molecule has 0 unspecified atom stereocenters. The van der Waals surface area contributed by atoms with Crippen molar-refractivity contribution in [1.29, 1.82) is 0 Å². The predicted molar refractivity (Wildman–Crippen MR) is 66.7 cm³/mol. The summed E-state index contributed by atoms with van der Waals surface area (Å²) in [5.74, 6) is 1.03. The van der Waals surface area contributed by atoms with E-state index in [-0.39, 0.29) is 5.70 Å². The number of esters is 1. The van der Waals surface area contributed by atoms with Crippen molar-refractivity contribution in [2.45, 2.75) is 6.92 Å². The Morgan fingerprint density at radius 2 is 2.06 bits per heavy atom. The van der Waals surface area contributed by atoms with E-state index < -0.39 is 5.97 Å². The minimum atomic E-state index is -0.461. The van der Waals surface area contributed by atoms with Crippen LogP contribution in [0.1, 0.15) is 12.5 Å². The lowest BCUT2D eigenvalue weighted by Gasteiger charge is -2.09. The molecule has 5 nitrogen and oxygen atoms in total. The van der Waals surface area contributed by atoms with E-state index in [1.165, 1.54) is 0 Å². The molecule has 0 atom stereocenters. The summed E-state index contributed by atoms with van der Waals surface area (Å²) >= 11 is 0. The maximum atomic E-state index is 11.5. The molecule has 5 heteroatoms. The molecule has 1 aliphatic heterocycles. The van der Waals surface area contributed by atoms with Gasteiger partial charge < -0.3 is 14.2 Å². The highest BCUT2D eigenvalue weighted by Crippen LogP contribution is 2.32. The normalized spacial score (nSPS) is 16.5. The Labute approximate surface area is 105 Å². The number of hydrogen-bond donors (Lipinski definition) is 0. The van der Waals surface area contributed by atoms with Crippen molar-refractivity contribution >= 4 is 17.9 Å². The fraction of sp³-hybridized carbons (Fsp3) is 0.231. The minimum absolute atomic E-state index is 0.249. The van der Waals surface area contributed by atoms with Crippen LogP contribution >= 0.6 is 0 Å². The third kappa shape index (κ3) is 2.20. The third-order valence-corrected chi connectivity index (χ3v) is 2.45. The summed E-state index contributed by atoms with van der Waals surface area (Å²) in [5.41, 5.74) is 0.960. The maximum absolute atomic E-state index is 11.5. The van der Waals surface area contributed by atoms with Crippen LogP contribution in [0.15, 0.2) is 28.9 Å².